The van der Waals surface area contributed by atoms with Crippen LogP contribution in [0.2, 0.25) is 0 Å². The Morgan fingerprint density at radius 3 is 2.94 bits per heavy atom. The summed E-state index contributed by atoms with van der Waals surface area (Å²) in [7, 11) is 0. The molecule has 1 aromatic carbocycles. The molecule has 0 saturated carbocycles. The van der Waals surface area contributed by atoms with Crippen LogP contribution in [0.1, 0.15) is 18.1 Å². The number of carbonyl (C=O) groups excluding carboxylic acids is 1. The predicted molar refractivity (Wildman–Crippen MR) is 56.5 cm³/mol. The van der Waals surface area contributed by atoms with E-state index in [2.05, 4.69) is 15.2 Å². The summed E-state index contributed by atoms with van der Waals surface area (Å²) in [4.78, 5) is 18.7. The third kappa shape index (κ3) is 2.02. The highest BCUT2D eigenvalue weighted by Crippen LogP contribution is 2.27. The molecular weight excluding hydrogens is 208 g/mol. The fraction of sp³-hybridized carbons (Fsp3) is 0.200. The molecule has 0 bridgehead atoms. The highest BCUT2D eigenvalue weighted by Gasteiger charge is 2.26. The van der Waals surface area contributed by atoms with Gasteiger partial charge in [0.2, 0.25) is 0 Å². The Labute approximate surface area is 91.1 Å². The minimum Gasteiger partial charge on any atom is -0.387 e. The highest BCUT2D eigenvalue weighted by molar-refractivity contribution is 6.39. The van der Waals surface area contributed by atoms with Gasteiger partial charge < -0.3 is 4.84 Å². The molecule has 80 valence electrons. The number of nitrogens with zero attached hydrogens (tertiary/aromatic N) is 4. The van der Waals surface area contributed by atoms with Gasteiger partial charge in [-0.25, -0.2) is 0 Å². The minimum absolute atomic E-state index is 0.159. The van der Waals surface area contributed by atoms with E-state index >= 15 is 0 Å². The van der Waals surface area contributed by atoms with Crippen molar-refractivity contribution in [3.8, 4) is 0 Å². The zero-order valence-corrected chi connectivity index (χ0v) is 8.28. The van der Waals surface area contributed by atoms with E-state index in [1.807, 2.05) is 30.3 Å². The van der Waals surface area contributed by atoms with Gasteiger partial charge in [-0.1, -0.05) is 35.5 Å². The molecule has 0 aromatic heterocycles. The number of oxime groups is 1. The lowest BCUT2D eigenvalue weighted by Crippen LogP contribution is -2.09. The van der Waals surface area contributed by atoms with Gasteiger partial charge in [-0.15, -0.1) is 0 Å². The Kier molecular flexibility index (Phi) is 2.84. The molecule has 0 spiro atoms. The summed E-state index contributed by atoms with van der Waals surface area (Å²) in [5, 5.41) is 6.58. The highest BCUT2D eigenvalue weighted by atomic mass is 16.6. The maximum Gasteiger partial charge on any atom is 0.266 e. The van der Waals surface area contributed by atoms with Crippen LogP contribution < -0.4 is 0 Å². The van der Waals surface area contributed by atoms with Gasteiger partial charge in [0, 0.05) is 11.3 Å². The zero-order chi connectivity index (χ0) is 11.4. The molecule has 0 aliphatic carbocycles. The van der Waals surface area contributed by atoms with Gasteiger partial charge in [0.15, 0.2) is 6.10 Å². The Balaban J connectivity index is 2.07. The fourth-order valence-corrected chi connectivity index (χ4v) is 1.45. The summed E-state index contributed by atoms with van der Waals surface area (Å²) >= 11 is 0. The molecule has 6 nitrogen and oxygen atoms in total. The van der Waals surface area contributed by atoms with Gasteiger partial charge in [-0.05, 0) is 16.2 Å². The lowest BCUT2D eigenvalue weighted by atomic mass is 10.0. The van der Waals surface area contributed by atoms with Crippen molar-refractivity contribution < 1.29 is 9.63 Å². The number of rotatable bonds is 2. The van der Waals surface area contributed by atoms with Crippen LogP contribution in [0.5, 0.6) is 0 Å². The summed E-state index contributed by atoms with van der Waals surface area (Å²) in [5.41, 5.74) is 9.22. The minimum atomic E-state index is -0.680. The molecular formula is C10H8N4O2. The van der Waals surface area contributed by atoms with Gasteiger partial charge in [-0.3, -0.25) is 4.79 Å². The molecule has 0 fully saturated rings. The summed E-state index contributed by atoms with van der Waals surface area (Å²) in [6.45, 7) is 0. The van der Waals surface area contributed by atoms with E-state index in [-0.39, 0.29) is 11.8 Å². The molecule has 2 rings (SSSR count). The van der Waals surface area contributed by atoms with Gasteiger partial charge in [0.05, 0.1) is 0 Å². The van der Waals surface area contributed by atoms with E-state index in [0.717, 1.165) is 5.56 Å². The van der Waals surface area contributed by atoms with Crippen molar-refractivity contribution in [2.75, 3.05) is 0 Å². The van der Waals surface area contributed by atoms with E-state index < -0.39 is 5.91 Å². The third-order valence-corrected chi connectivity index (χ3v) is 2.22. The first-order valence-corrected chi connectivity index (χ1v) is 4.68. The first kappa shape index (κ1) is 10.2. The largest absolute Gasteiger partial charge is 0.387 e. The van der Waals surface area contributed by atoms with Crippen molar-refractivity contribution in [1.29, 1.82) is 0 Å². The summed E-state index contributed by atoms with van der Waals surface area (Å²) in [5.74, 6) is -0.680. The van der Waals surface area contributed by atoms with Gasteiger partial charge >= 0.3 is 0 Å². The summed E-state index contributed by atoms with van der Waals surface area (Å²) in [6.07, 6.45) is 0.0658. The molecule has 0 radical (unpaired) electrons. The molecule has 0 N–H and O–H groups in total. The van der Waals surface area contributed by atoms with Crippen LogP contribution in [0.25, 0.3) is 10.4 Å². The van der Waals surface area contributed by atoms with Crippen LogP contribution in [0.4, 0.5) is 0 Å². The Bertz CT molecular complexity index is 477. The van der Waals surface area contributed by atoms with Gasteiger partial charge in [-0.2, -0.15) is 0 Å². The van der Waals surface area contributed by atoms with E-state index in [0.29, 0.717) is 6.42 Å². The van der Waals surface area contributed by atoms with Crippen LogP contribution in [0.3, 0.4) is 0 Å². The zero-order valence-electron chi connectivity index (χ0n) is 8.28. The Morgan fingerprint density at radius 2 is 2.25 bits per heavy atom. The van der Waals surface area contributed by atoms with Crippen molar-refractivity contribution in [1.82, 2.24) is 0 Å². The van der Waals surface area contributed by atoms with E-state index in [1.165, 1.54) is 0 Å². The average molecular weight is 216 g/mol. The fourth-order valence-electron chi connectivity index (χ4n) is 1.45. The topological polar surface area (TPSA) is 87.4 Å². The molecule has 16 heavy (non-hydrogen) atoms. The van der Waals surface area contributed by atoms with E-state index in [1.54, 1.807) is 0 Å². The maximum atomic E-state index is 11.2. The van der Waals surface area contributed by atoms with Crippen molar-refractivity contribution >= 4 is 11.6 Å². The Morgan fingerprint density at radius 1 is 1.50 bits per heavy atom. The quantitative estimate of drug-likeness (QED) is 0.431. The molecule has 1 aliphatic rings. The second-order valence-corrected chi connectivity index (χ2v) is 3.24. The van der Waals surface area contributed by atoms with Crippen LogP contribution in [0.15, 0.2) is 40.6 Å². The second kappa shape index (κ2) is 4.46. The van der Waals surface area contributed by atoms with Crippen LogP contribution in [-0.2, 0) is 9.63 Å². The number of benzene rings is 1. The molecule has 1 aromatic rings. The van der Waals surface area contributed by atoms with Crippen molar-refractivity contribution in [2.24, 2.45) is 10.3 Å². The predicted octanol–water partition coefficient (Wildman–Crippen LogP) is 2.34. The third-order valence-electron chi connectivity index (χ3n) is 2.22. The standard InChI is InChI=1S/C10H8N4O2/c11-14-12-10(15)8-6-9(16-13-8)7-4-2-1-3-5-7/h1-5,9H,6H2. The molecule has 1 heterocycles. The van der Waals surface area contributed by atoms with Crippen molar-refractivity contribution in [2.45, 2.75) is 12.5 Å². The smallest absolute Gasteiger partial charge is 0.266 e. The molecule has 1 amide bonds. The SMILES string of the molecule is [N-]=[N+]=NC(=O)C1=NOC(c2ccccc2)C1. The van der Waals surface area contributed by atoms with Crippen LogP contribution >= 0.6 is 0 Å². The number of amides is 1. The Hall–Kier alpha value is -2.33. The first-order chi connectivity index (χ1) is 7.81. The lowest BCUT2D eigenvalue weighted by molar-refractivity contribution is -0.112. The monoisotopic (exact) mass is 216 g/mol. The molecule has 1 unspecified atom stereocenters. The second-order valence-electron chi connectivity index (χ2n) is 3.24. The normalized spacial score (nSPS) is 18.2. The lowest BCUT2D eigenvalue weighted by Gasteiger charge is -2.06. The van der Waals surface area contributed by atoms with E-state index in [9.17, 15) is 4.79 Å². The number of hydrogen-bond donors (Lipinski definition) is 0. The molecule has 6 heteroatoms. The molecule has 0 saturated heterocycles. The number of carbonyl (C=O) groups is 1. The van der Waals surface area contributed by atoms with Crippen LogP contribution in [0, 0.1) is 0 Å². The number of hydrogen-bond acceptors (Lipinski definition) is 3. The average Bonchev–Trinajstić information content (AvgIpc) is 2.80. The van der Waals surface area contributed by atoms with Crippen LogP contribution in [-0.4, -0.2) is 11.6 Å². The molecule has 1 atom stereocenters. The summed E-state index contributed by atoms with van der Waals surface area (Å²) in [6, 6.07) is 9.44. The summed E-state index contributed by atoms with van der Waals surface area (Å²) < 4.78 is 0. The van der Waals surface area contributed by atoms with Crippen molar-refractivity contribution in [3.05, 3.63) is 46.3 Å². The van der Waals surface area contributed by atoms with Crippen molar-refractivity contribution in [3.63, 3.8) is 0 Å². The van der Waals surface area contributed by atoms with Gasteiger partial charge in [0.1, 0.15) is 5.71 Å². The maximum absolute atomic E-state index is 11.2. The van der Waals surface area contributed by atoms with E-state index in [4.69, 9.17) is 10.4 Å². The first-order valence-electron chi connectivity index (χ1n) is 4.68. The number of azide groups is 1. The molecule has 1 aliphatic heterocycles. The van der Waals surface area contributed by atoms with Gasteiger partial charge in [0.25, 0.3) is 5.91 Å².